The van der Waals surface area contributed by atoms with Gasteiger partial charge in [0.15, 0.2) is 0 Å². The van der Waals surface area contributed by atoms with Crippen molar-refractivity contribution in [2.75, 3.05) is 0 Å². The Bertz CT molecular complexity index is 512. The Morgan fingerprint density at radius 2 is 1.65 bits per heavy atom. The van der Waals surface area contributed by atoms with E-state index in [-0.39, 0.29) is 5.41 Å². The van der Waals surface area contributed by atoms with Gasteiger partial charge in [-0.05, 0) is 12.1 Å². The SMILES string of the molecule is CC(C)(C)c1cncc(-c2ccc(Cl)cc2)n1. The molecule has 3 heteroatoms. The summed E-state index contributed by atoms with van der Waals surface area (Å²) in [6, 6.07) is 7.64. The van der Waals surface area contributed by atoms with E-state index in [9.17, 15) is 0 Å². The smallest absolute Gasteiger partial charge is 0.0888 e. The summed E-state index contributed by atoms with van der Waals surface area (Å²) in [7, 11) is 0. The van der Waals surface area contributed by atoms with Gasteiger partial charge in [-0.15, -0.1) is 0 Å². The van der Waals surface area contributed by atoms with Gasteiger partial charge in [-0.3, -0.25) is 4.98 Å². The molecule has 0 aliphatic heterocycles. The van der Waals surface area contributed by atoms with E-state index in [1.54, 1.807) is 6.20 Å². The first-order chi connectivity index (χ1) is 7.97. The van der Waals surface area contributed by atoms with Gasteiger partial charge in [0.1, 0.15) is 0 Å². The maximum absolute atomic E-state index is 5.87. The third kappa shape index (κ3) is 2.83. The van der Waals surface area contributed by atoms with Crippen LogP contribution in [0.4, 0.5) is 0 Å². The lowest BCUT2D eigenvalue weighted by Gasteiger charge is -2.17. The summed E-state index contributed by atoms with van der Waals surface area (Å²) >= 11 is 5.87. The van der Waals surface area contributed by atoms with Crippen molar-refractivity contribution in [3.63, 3.8) is 0 Å². The quantitative estimate of drug-likeness (QED) is 0.757. The fourth-order valence-corrected chi connectivity index (χ4v) is 1.61. The van der Waals surface area contributed by atoms with E-state index >= 15 is 0 Å². The summed E-state index contributed by atoms with van der Waals surface area (Å²) in [5.74, 6) is 0. The van der Waals surface area contributed by atoms with Crippen LogP contribution in [0.5, 0.6) is 0 Å². The highest BCUT2D eigenvalue weighted by Gasteiger charge is 2.16. The minimum absolute atomic E-state index is 0.00936. The van der Waals surface area contributed by atoms with Crippen LogP contribution < -0.4 is 0 Å². The topological polar surface area (TPSA) is 25.8 Å². The molecule has 0 saturated heterocycles. The van der Waals surface area contributed by atoms with Gasteiger partial charge >= 0.3 is 0 Å². The molecule has 0 atom stereocenters. The Morgan fingerprint density at radius 3 is 2.24 bits per heavy atom. The van der Waals surface area contributed by atoms with E-state index < -0.39 is 0 Å². The molecular formula is C14H15ClN2. The van der Waals surface area contributed by atoms with E-state index in [1.165, 1.54) is 0 Å². The molecule has 0 radical (unpaired) electrons. The number of hydrogen-bond acceptors (Lipinski definition) is 2. The van der Waals surface area contributed by atoms with Gasteiger partial charge in [-0.1, -0.05) is 44.5 Å². The van der Waals surface area contributed by atoms with E-state index in [1.807, 2.05) is 30.5 Å². The molecule has 1 aromatic carbocycles. The van der Waals surface area contributed by atoms with Crippen LogP contribution >= 0.6 is 11.6 Å². The third-order valence-corrected chi connectivity index (χ3v) is 2.79. The fourth-order valence-electron chi connectivity index (χ4n) is 1.49. The predicted octanol–water partition coefficient (Wildman–Crippen LogP) is 4.09. The second-order valence-electron chi connectivity index (χ2n) is 5.05. The lowest BCUT2D eigenvalue weighted by atomic mass is 9.92. The van der Waals surface area contributed by atoms with Crippen molar-refractivity contribution in [2.24, 2.45) is 0 Å². The summed E-state index contributed by atoms with van der Waals surface area (Å²) in [5, 5.41) is 0.730. The van der Waals surface area contributed by atoms with Crippen molar-refractivity contribution >= 4 is 11.6 Å². The zero-order chi connectivity index (χ0) is 12.5. The van der Waals surface area contributed by atoms with Crippen molar-refractivity contribution in [3.8, 4) is 11.3 Å². The summed E-state index contributed by atoms with van der Waals surface area (Å²) in [4.78, 5) is 8.89. The van der Waals surface area contributed by atoms with Crippen LogP contribution in [0, 0.1) is 0 Å². The maximum atomic E-state index is 5.87. The normalized spacial score (nSPS) is 11.5. The van der Waals surface area contributed by atoms with Gasteiger partial charge in [0.05, 0.1) is 17.6 Å². The molecule has 2 rings (SSSR count). The van der Waals surface area contributed by atoms with Crippen molar-refractivity contribution in [1.82, 2.24) is 9.97 Å². The van der Waals surface area contributed by atoms with Gasteiger partial charge in [0.2, 0.25) is 0 Å². The molecule has 0 aliphatic carbocycles. The number of halogens is 1. The van der Waals surface area contributed by atoms with Crippen LogP contribution in [-0.4, -0.2) is 9.97 Å². The first-order valence-electron chi connectivity index (χ1n) is 5.55. The van der Waals surface area contributed by atoms with Gasteiger partial charge < -0.3 is 0 Å². The first kappa shape index (κ1) is 12.1. The molecule has 17 heavy (non-hydrogen) atoms. The minimum Gasteiger partial charge on any atom is -0.261 e. The summed E-state index contributed by atoms with van der Waals surface area (Å²) < 4.78 is 0. The van der Waals surface area contributed by atoms with E-state index in [4.69, 9.17) is 11.6 Å². The number of nitrogens with zero attached hydrogens (tertiary/aromatic N) is 2. The van der Waals surface area contributed by atoms with Gasteiger partial charge in [-0.2, -0.15) is 0 Å². The molecule has 0 N–H and O–H groups in total. The molecule has 0 saturated carbocycles. The molecule has 2 aromatic rings. The zero-order valence-corrected chi connectivity index (χ0v) is 11.0. The first-order valence-corrected chi connectivity index (χ1v) is 5.93. The van der Waals surface area contributed by atoms with Crippen LogP contribution in [0.25, 0.3) is 11.3 Å². The molecule has 0 amide bonds. The van der Waals surface area contributed by atoms with Gasteiger partial charge in [0, 0.05) is 22.2 Å². The van der Waals surface area contributed by atoms with Crippen molar-refractivity contribution < 1.29 is 0 Å². The largest absolute Gasteiger partial charge is 0.261 e. The van der Waals surface area contributed by atoms with Crippen LogP contribution in [0.1, 0.15) is 26.5 Å². The third-order valence-electron chi connectivity index (χ3n) is 2.54. The standard InChI is InChI=1S/C14H15ClN2/c1-14(2,3)13-9-16-8-12(17-13)10-4-6-11(15)7-5-10/h4-9H,1-3H3. The number of aromatic nitrogens is 2. The molecule has 0 bridgehead atoms. The van der Waals surface area contributed by atoms with Gasteiger partial charge in [-0.25, -0.2) is 4.98 Å². The zero-order valence-electron chi connectivity index (χ0n) is 10.2. The molecule has 0 fully saturated rings. The number of rotatable bonds is 1. The van der Waals surface area contributed by atoms with Crippen molar-refractivity contribution in [3.05, 3.63) is 47.4 Å². The molecule has 2 nitrogen and oxygen atoms in total. The Labute approximate surface area is 107 Å². The van der Waals surface area contributed by atoms with Gasteiger partial charge in [0.25, 0.3) is 0 Å². The Hall–Kier alpha value is -1.41. The molecule has 88 valence electrons. The monoisotopic (exact) mass is 246 g/mol. The summed E-state index contributed by atoms with van der Waals surface area (Å²) in [6.07, 6.45) is 3.60. The Morgan fingerprint density at radius 1 is 1.00 bits per heavy atom. The Balaban J connectivity index is 2.43. The van der Waals surface area contributed by atoms with Crippen molar-refractivity contribution in [1.29, 1.82) is 0 Å². The van der Waals surface area contributed by atoms with E-state index in [0.29, 0.717) is 0 Å². The highest BCUT2D eigenvalue weighted by atomic mass is 35.5. The molecule has 1 heterocycles. The molecule has 0 spiro atoms. The minimum atomic E-state index is 0.00936. The summed E-state index contributed by atoms with van der Waals surface area (Å²) in [6.45, 7) is 6.38. The molecular weight excluding hydrogens is 232 g/mol. The Kier molecular flexibility index (Phi) is 3.16. The van der Waals surface area contributed by atoms with Crippen molar-refractivity contribution in [2.45, 2.75) is 26.2 Å². The molecule has 1 aromatic heterocycles. The van der Waals surface area contributed by atoms with E-state index in [0.717, 1.165) is 22.0 Å². The molecule has 0 unspecified atom stereocenters. The number of hydrogen-bond donors (Lipinski definition) is 0. The lowest BCUT2D eigenvalue weighted by Crippen LogP contribution is -2.14. The lowest BCUT2D eigenvalue weighted by molar-refractivity contribution is 0.566. The number of benzene rings is 1. The van der Waals surface area contributed by atoms with Crippen LogP contribution in [-0.2, 0) is 5.41 Å². The average molecular weight is 247 g/mol. The van der Waals surface area contributed by atoms with Crippen LogP contribution in [0.3, 0.4) is 0 Å². The maximum Gasteiger partial charge on any atom is 0.0888 e. The second-order valence-corrected chi connectivity index (χ2v) is 5.48. The fraction of sp³-hybridized carbons (Fsp3) is 0.286. The highest BCUT2D eigenvalue weighted by molar-refractivity contribution is 6.30. The average Bonchev–Trinajstić information content (AvgIpc) is 2.29. The van der Waals surface area contributed by atoms with Crippen LogP contribution in [0.15, 0.2) is 36.7 Å². The second kappa shape index (κ2) is 4.46. The highest BCUT2D eigenvalue weighted by Crippen LogP contribution is 2.23. The predicted molar refractivity (Wildman–Crippen MR) is 71.2 cm³/mol. The van der Waals surface area contributed by atoms with E-state index in [2.05, 4.69) is 30.7 Å². The summed E-state index contributed by atoms with van der Waals surface area (Å²) in [5.41, 5.74) is 2.92. The van der Waals surface area contributed by atoms with Crippen LogP contribution in [0.2, 0.25) is 5.02 Å². The molecule has 0 aliphatic rings.